The Morgan fingerprint density at radius 1 is 1.32 bits per heavy atom. The van der Waals surface area contributed by atoms with Crippen LogP contribution in [0.2, 0.25) is 0 Å². The highest BCUT2D eigenvalue weighted by Crippen LogP contribution is 2.35. The van der Waals surface area contributed by atoms with E-state index in [9.17, 15) is 13.9 Å². The van der Waals surface area contributed by atoms with Crippen molar-refractivity contribution in [1.29, 1.82) is 0 Å². The summed E-state index contributed by atoms with van der Waals surface area (Å²) in [5.74, 6) is 0.346. The predicted octanol–water partition coefficient (Wildman–Crippen LogP) is 1.61. The standard InChI is InChI=1S/C13H18F2N2O2/c1-19-9-2-3-11(18)10(8-9)12(13(14)15)17-6-4-16-5-7-17/h2-3,8,12-13,16,18H,4-7H2,1H3/t12-/m0/s1. The van der Waals surface area contributed by atoms with Crippen molar-refractivity contribution in [2.75, 3.05) is 33.3 Å². The van der Waals surface area contributed by atoms with E-state index in [0.29, 0.717) is 31.9 Å². The van der Waals surface area contributed by atoms with E-state index in [1.165, 1.54) is 19.2 Å². The molecule has 0 bridgehead atoms. The highest BCUT2D eigenvalue weighted by molar-refractivity contribution is 5.41. The fraction of sp³-hybridized carbons (Fsp3) is 0.538. The molecule has 2 rings (SSSR count). The Morgan fingerprint density at radius 3 is 2.58 bits per heavy atom. The van der Waals surface area contributed by atoms with Crippen LogP contribution in [0.15, 0.2) is 18.2 Å². The Balaban J connectivity index is 2.32. The summed E-state index contributed by atoms with van der Waals surface area (Å²) >= 11 is 0. The number of nitrogens with one attached hydrogen (secondary N) is 1. The minimum absolute atomic E-state index is 0.121. The van der Waals surface area contributed by atoms with Gasteiger partial charge in [-0.05, 0) is 18.2 Å². The fourth-order valence-electron chi connectivity index (χ4n) is 2.35. The number of halogens is 2. The highest BCUT2D eigenvalue weighted by atomic mass is 19.3. The molecule has 1 atom stereocenters. The molecule has 0 amide bonds. The molecule has 0 aromatic heterocycles. The second-order valence-corrected chi connectivity index (χ2v) is 4.49. The molecule has 1 aliphatic rings. The summed E-state index contributed by atoms with van der Waals surface area (Å²) in [7, 11) is 1.47. The topological polar surface area (TPSA) is 44.7 Å². The van der Waals surface area contributed by atoms with Crippen molar-refractivity contribution in [1.82, 2.24) is 10.2 Å². The maximum Gasteiger partial charge on any atom is 0.258 e. The number of phenolic OH excluding ortho intramolecular Hbond substituents is 1. The lowest BCUT2D eigenvalue weighted by atomic mass is 10.0. The van der Waals surface area contributed by atoms with Crippen molar-refractivity contribution in [3.05, 3.63) is 23.8 Å². The molecule has 106 valence electrons. The molecule has 1 aromatic carbocycles. The number of rotatable bonds is 4. The molecule has 1 aliphatic heterocycles. The Kier molecular flexibility index (Phi) is 4.55. The number of benzene rings is 1. The van der Waals surface area contributed by atoms with Crippen LogP contribution in [0.1, 0.15) is 11.6 Å². The van der Waals surface area contributed by atoms with E-state index in [2.05, 4.69) is 5.32 Å². The molecular formula is C13H18F2N2O2. The molecule has 1 aromatic rings. The molecule has 1 fully saturated rings. The SMILES string of the molecule is COc1ccc(O)c([C@@H](C(F)F)N2CCNCC2)c1. The van der Waals surface area contributed by atoms with E-state index in [0.717, 1.165) is 0 Å². The van der Waals surface area contributed by atoms with Gasteiger partial charge < -0.3 is 15.2 Å². The molecule has 1 saturated heterocycles. The minimum atomic E-state index is -2.56. The van der Waals surface area contributed by atoms with E-state index < -0.39 is 12.5 Å². The first-order valence-electron chi connectivity index (χ1n) is 6.23. The van der Waals surface area contributed by atoms with Gasteiger partial charge in [-0.1, -0.05) is 0 Å². The largest absolute Gasteiger partial charge is 0.508 e. The number of piperazine rings is 1. The third-order valence-corrected chi connectivity index (χ3v) is 3.34. The average Bonchev–Trinajstić information content (AvgIpc) is 2.42. The average molecular weight is 272 g/mol. The van der Waals surface area contributed by atoms with Gasteiger partial charge in [-0.2, -0.15) is 0 Å². The molecule has 0 saturated carbocycles. The summed E-state index contributed by atoms with van der Waals surface area (Å²) in [4.78, 5) is 1.69. The zero-order valence-electron chi connectivity index (χ0n) is 10.8. The number of nitrogens with zero attached hydrogens (tertiary/aromatic N) is 1. The van der Waals surface area contributed by atoms with Gasteiger partial charge in [-0.25, -0.2) is 8.78 Å². The predicted molar refractivity (Wildman–Crippen MR) is 67.8 cm³/mol. The first-order chi connectivity index (χ1) is 9.13. The quantitative estimate of drug-likeness (QED) is 0.874. The van der Waals surface area contributed by atoms with Gasteiger partial charge in [-0.15, -0.1) is 0 Å². The van der Waals surface area contributed by atoms with Gasteiger partial charge in [0.05, 0.1) is 7.11 Å². The van der Waals surface area contributed by atoms with E-state index in [4.69, 9.17) is 4.74 Å². The number of methoxy groups -OCH3 is 1. The molecule has 0 radical (unpaired) electrons. The smallest absolute Gasteiger partial charge is 0.258 e. The molecule has 4 nitrogen and oxygen atoms in total. The molecule has 6 heteroatoms. The van der Waals surface area contributed by atoms with Crippen molar-refractivity contribution < 1.29 is 18.6 Å². The second kappa shape index (κ2) is 6.16. The lowest BCUT2D eigenvalue weighted by molar-refractivity contribution is 0.0169. The Labute approximate surface area is 111 Å². The molecule has 1 heterocycles. The lowest BCUT2D eigenvalue weighted by Gasteiger charge is -2.34. The monoisotopic (exact) mass is 272 g/mol. The van der Waals surface area contributed by atoms with Gasteiger partial charge in [0.25, 0.3) is 6.43 Å². The first-order valence-corrected chi connectivity index (χ1v) is 6.23. The van der Waals surface area contributed by atoms with Crippen molar-refractivity contribution in [2.45, 2.75) is 12.5 Å². The maximum absolute atomic E-state index is 13.4. The second-order valence-electron chi connectivity index (χ2n) is 4.49. The molecular weight excluding hydrogens is 254 g/mol. The van der Waals surface area contributed by atoms with E-state index in [1.54, 1.807) is 11.0 Å². The third kappa shape index (κ3) is 3.13. The molecule has 0 aliphatic carbocycles. The Hall–Kier alpha value is -1.40. The van der Waals surface area contributed by atoms with Gasteiger partial charge >= 0.3 is 0 Å². The normalized spacial score (nSPS) is 18.5. The van der Waals surface area contributed by atoms with Gasteiger partial charge in [0.15, 0.2) is 0 Å². The molecule has 0 unspecified atom stereocenters. The van der Waals surface area contributed by atoms with E-state index in [-0.39, 0.29) is 11.3 Å². The zero-order chi connectivity index (χ0) is 13.8. The first kappa shape index (κ1) is 14.0. The van der Waals surface area contributed by atoms with Crippen LogP contribution in [0, 0.1) is 0 Å². The van der Waals surface area contributed by atoms with Crippen molar-refractivity contribution in [3.8, 4) is 11.5 Å². The molecule has 0 spiro atoms. The number of hydrogen-bond acceptors (Lipinski definition) is 4. The number of phenols is 1. The summed E-state index contributed by atoms with van der Waals surface area (Å²) in [6.45, 7) is 2.42. The van der Waals surface area contributed by atoms with Crippen LogP contribution in [-0.4, -0.2) is 49.7 Å². The number of alkyl halides is 2. The van der Waals surface area contributed by atoms with Crippen molar-refractivity contribution in [2.24, 2.45) is 0 Å². The third-order valence-electron chi connectivity index (χ3n) is 3.34. The van der Waals surface area contributed by atoms with Crippen molar-refractivity contribution >= 4 is 0 Å². The highest BCUT2D eigenvalue weighted by Gasteiger charge is 2.32. The van der Waals surface area contributed by atoms with Crippen LogP contribution in [-0.2, 0) is 0 Å². The number of aromatic hydroxyl groups is 1. The van der Waals surface area contributed by atoms with Crippen LogP contribution >= 0.6 is 0 Å². The number of ether oxygens (including phenoxy) is 1. The van der Waals surface area contributed by atoms with E-state index >= 15 is 0 Å². The number of hydrogen-bond donors (Lipinski definition) is 2. The summed E-state index contributed by atoms with van der Waals surface area (Å²) in [5.41, 5.74) is 0.219. The van der Waals surface area contributed by atoms with Crippen molar-refractivity contribution in [3.63, 3.8) is 0 Å². The van der Waals surface area contributed by atoms with Crippen LogP contribution < -0.4 is 10.1 Å². The Bertz CT molecular complexity index is 423. The Morgan fingerprint density at radius 2 is 2.00 bits per heavy atom. The van der Waals surface area contributed by atoms with Crippen LogP contribution in [0.5, 0.6) is 11.5 Å². The minimum Gasteiger partial charge on any atom is -0.508 e. The van der Waals surface area contributed by atoms with Gasteiger partial charge in [0.2, 0.25) is 0 Å². The summed E-state index contributed by atoms with van der Waals surface area (Å²) < 4.78 is 31.8. The van der Waals surface area contributed by atoms with Gasteiger partial charge in [0, 0.05) is 31.7 Å². The van der Waals surface area contributed by atoms with E-state index in [1.807, 2.05) is 0 Å². The van der Waals surface area contributed by atoms with Gasteiger partial charge in [0.1, 0.15) is 17.5 Å². The summed E-state index contributed by atoms with van der Waals surface area (Å²) in [5, 5.41) is 13.0. The van der Waals surface area contributed by atoms with Crippen LogP contribution in [0.25, 0.3) is 0 Å². The zero-order valence-corrected chi connectivity index (χ0v) is 10.8. The maximum atomic E-state index is 13.4. The molecule has 19 heavy (non-hydrogen) atoms. The lowest BCUT2D eigenvalue weighted by Crippen LogP contribution is -2.46. The fourth-order valence-corrected chi connectivity index (χ4v) is 2.35. The summed E-state index contributed by atoms with van der Waals surface area (Å²) in [6, 6.07) is 3.33. The van der Waals surface area contributed by atoms with Gasteiger partial charge in [-0.3, -0.25) is 4.90 Å². The van der Waals surface area contributed by atoms with Crippen LogP contribution in [0.4, 0.5) is 8.78 Å². The van der Waals surface area contributed by atoms with Crippen LogP contribution in [0.3, 0.4) is 0 Å². The summed E-state index contributed by atoms with van der Waals surface area (Å²) in [6.07, 6.45) is -2.56. The molecule has 2 N–H and O–H groups in total.